The fourth-order valence-corrected chi connectivity index (χ4v) is 1.40. The molecule has 5 nitrogen and oxygen atoms in total. The van der Waals surface area contributed by atoms with Crippen LogP contribution in [0.3, 0.4) is 0 Å². The van der Waals surface area contributed by atoms with E-state index in [0.717, 1.165) is 51.5 Å². The molecule has 0 aliphatic rings. The van der Waals surface area contributed by atoms with Crippen LogP contribution < -0.4 is 10.6 Å². The van der Waals surface area contributed by atoms with Gasteiger partial charge in [-0.2, -0.15) is 0 Å². The molecule has 2 N–H and O–H groups in total. The molecule has 0 fully saturated rings. The molecule has 17 heavy (non-hydrogen) atoms. The Balaban J connectivity index is 3.36. The normalized spacial score (nSPS) is 11.6. The maximum absolute atomic E-state index is 5.00. The van der Waals surface area contributed by atoms with E-state index in [0.29, 0.717) is 0 Å². The summed E-state index contributed by atoms with van der Waals surface area (Å²) in [5, 5.41) is 6.52. The van der Waals surface area contributed by atoms with Gasteiger partial charge in [0.15, 0.2) is 5.96 Å². The highest BCUT2D eigenvalue weighted by Gasteiger charge is 1.96. The molecule has 0 aliphatic heterocycles. The molecule has 0 aliphatic carbocycles. The van der Waals surface area contributed by atoms with Crippen molar-refractivity contribution >= 4 is 5.96 Å². The zero-order chi connectivity index (χ0) is 12.8. The SMILES string of the molecule is CN=C(NCCCCCOC)NCCCOC. The number of aliphatic imine (C=N–C) groups is 1. The standard InChI is InChI=1S/C12H27N3O2/c1-13-12(15-9-7-11-17-3)14-8-5-4-6-10-16-2/h4-11H2,1-3H3,(H2,13,14,15). The molecule has 0 spiro atoms. The quantitative estimate of drug-likeness (QED) is 0.342. The van der Waals surface area contributed by atoms with Crippen LogP contribution in [0.5, 0.6) is 0 Å². The number of hydrogen-bond acceptors (Lipinski definition) is 3. The second kappa shape index (κ2) is 13.3. The number of guanidine groups is 1. The van der Waals surface area contributed by atoms with E-state index >= 15 is 0 Å². The van der Waals surface area contributed by atoms with Crippen LogP contribution in [0, 0.1) is 0 Å². The molecule has 0 heterocycles. The average Bonchev–Trinajstić information content (AvgIpc) is 2.36. The maximum Gasteiger partial charge on any atom is 0.190 e. The van der Waals surface area contributed by atoms with Gasteiger partial charge in [-0.1, -0.05) is 0 Å². The van der Waals surface area contributed by atoms with Gasteiger partial charge < -0.3 is 20.1 Å². The second-order valence-corrected chi connectivity index (χ2v) is 3.83. The van der Waals surface area contributed by atoms with E-state index in [4.69, 9.17) is 9.47 Å². The summed E-state index contributed by atoms with van der Waals surface area (Å²) in [6.07, 6.45) is 4.44. The third-order valence-electron chi connectivity index (χ3n) is 2.36. The molecule has 5 heteroatoms. The van der Waals surface area contributed by atoms with Crippen molar-refractivity contribution < 1.29 is 9.47 Å². The molecule has 0 aromatic rings. The monoisotopic (exact) mass is 245 g/mol. The van der Waals surface area contributed by atoms with Gasteiger partial charge in [0.05, 0.1) is 0 Å². The van der Waals surface area contributed by atoms with Gasteiger partial charge in [0.25, 0.3) is 0 Å². The fraction of sp³-hybridized carbons (Fsp3) is 0.917. The molecule has 0 aromatic heterocycles. The third-order valence-corrected chi connectivity index (χ3v) is 2.36. The van der Waals surface area contributed by atoms with E-state index in [9.17, 15) is 0 Å². The molecule has 0 saturated carbocycles. The van der Waals surface area contributed by atoms with E-state index in [2.05, 4.69) is 15.6 Å². The van der Waals surface area contributed by atoms with Crippen molar-refractivity contribution in [3.05, 3.63) is 0 Å². The molecule has 0 amide bonds. The lowest BCUT2D eigenvalue weighted by Crippen LogP contribution is -2.38. The molecule has 0 rings (SSSR count). The lowest BCUT2D eigenvalue weighted by atomic mass is 10.2. The fourth-order valence-electron chi connectivity index (χ4n) is 1.40. The number of nitrogens with zero attached hydrogens (tertiary/aromatic N) is 1. The summed E-state index contributed by atoms with van der Waals surface area (Å²) in [5.74, 6) is 0.868. The Morgan fingerprint density at radius 1 is 0.882 bits per heavy atom. The van der Waals surface area contributed by atoms with E-state index in [-0.39, 0.29) is 0 Å². The van der Waals surface area contributed by atoms with E-state index < -0.39 is 0 Å². The van der Waals surface area contributed by atoms with Gasteiger partial charge in [-0.15, -0.1) is 0 Å². The minimum absolute atomic E-state index is 0.779. The van der Waals surface area contributed by atoms with E-state index in [1.807, 2.05) is 0 Å². The summed E-state index contributed by atoms with van der Waals surface area (Å²) >= 11 is 0. The zero-order valence-corrected chi connectivity index (χ0v) is 11.4. The van der Waals surface area contributed by atoms with Gasteiger partial charge in [-0.05, 0) is 25.7 Å². The number of nitrogens with one attached hydrogen (secondary N) is 2. The predicted octanol–water partition coefficient (Wildman–Crippen LogP) is 1.00. The Bertz CT molecular complexity index is 187. The van der Waals surface area contributed by atoms with Crippen LogP contribution in [0.15, 0.2) is 4.99 Å². The average molecular weight is 245 g/mol. The van der Waals surface area contributed by atoms with Crippen LogP contribution in [0.4, 0.5) is 0 Å². The zero-order valence-electron chi connectivity index (χ0n) is 11.4. The highest BCUT2D eigenvalue weighted by atomic mass is 16.5. The summed E-state index contributed by atoms with van der Waals surface area (Å²) in [4.78, 5) is 4.15. The minimum Gasteiger partial charge on any atom is -0.385 e. The highest BCUT2D eigenvalue weighted by molar-refractivity contribution is 5.79. The van der Waals surface area contributed by atoms with Crippen LogP contribution >= 0.6 is 0 Å². The summed E-state index contributed by atoms with van der Waals surface area (Å²) in [7, 11) is 5.24. The Kier molecular flexibility index (Phi) is 12.6. The van der Waals surface area contributed by atoms with E-state index in [1.165, 1.54) is 6.42 Å². The lowest BCUT2D eigenvalue weighted by molar-refractivity contribution is 0.192. The molecule has 0 atom stereocenters. The van der Waals surface area contributed by atoms with E-state index in [1.54, 1.807) is 21.3 Å². The largest absolute Gasteiger partial charge is 0.385 e. The van der Waals surface area contributed by atoms with Crippen molar-refractivity contribution in [3.8, 4) is 0 Å². The maximum atomic E-state index is 5.00. The third kappa shape index (κ3) is 11.5. The lowest BCUT2D eigenvalue weighted by Gasteiger charge is -2.11. The van der Waals surface area contributed by atoms with Gasteiger partial charge in [0, 0.05) is 47.6 Å². The number of unbranched alkanes of at least 4 members (excludes halogenated alkanes) is 2. The first-order chi connectivity index (χ1) is 8.35. The first-order valence-electron chi connectivity index (χ1n) is 6.27. The van der Waals surface area contributed by atoms with Gasteiger partial charge >= 0.3 is 0 Å². The number of hydrogen-bond donors (Lipinski definition) is 2. The van der Waals surface area contributed by atoms with Gasteiger partial charge in [0.2, 0.25) is 0 Å². The van der Waals surface area contributed by atoms with Crippen molar-refractivity contribution in [2.75, 3.05) is 47.6 Å². The molecular formula is C12H27N3O2. The first kappa shape index (κ1) is 16.2. The van der Waals surface area contributed by atoms with Crippen LogP contribution in [0.2, 0.25) is 0 Å². The predicted molar refractivity (Wildman–Crippen MR) is 71.6 cm³/mol. The number of ether oxygens (including phenoxy) is 2. The van der Waals surface area contributed by atoms with Crippen LogP contribution in [0.25, 0.3) is 0 Å². The smallest absolute Gasteiger partial charge is 0.190 e. The van der Waals surface area contributed by atoms with Gasteiger partial charge in [-0.25, -0.2) is 0 Å². The van der Waals surface area contributed by atoms with Crippen molar-refractivity contribution in [2.45, 2.75) is 25.7 Å². The second-order valence-electron chi connectivity index (χ2n) is 3.83. The molecule has 0 saturated heterocycles. The molecule has 102 valence electrons. The van der Waals surface area contributed by atoms with Crippen molar-refractivity contribution in [1.29, 1.82) is 0 Å². The Labute approximate surface area is 105 Å². The molecule has 0 aromatic carbocycles. The number of methoxy groups -OCH3 is 2. The molecule has 0 bridgehead atoms. The van der Waals surface area contributed by atoms with Crippen LogP contribution in [-0.2, 0) is 9.47 Å². The topological polar surface area (TPSA) is 54.9 Å². The summed E-state index contributed by atoms with van der Waals surface area (Å²) in [6.45, 7) is 3.47. The first-order valence-corrected chi connectivity index (χ1v) is 6.27. The molecular weight excluding hydrogens is 218 g/mol. The van der Waals surface area contributed by atoms with Crippen molar-refractivity contribution in [1.82, 2.24) is 10.6 Å². The summed E-state index contributed by atoms with van der Waals surface area (Å²) in [5.41, 5.74) is 0. The van der Waals surface area contributed by atoms with Crippen LogP contribution in [-0.4, -0.2) is 53.5 Å². The number of rotatable bonds is 10. The Morgan fingerprint density at radius 2 is 1.47 bits per heavy atom. The Morgan fingerprint density at radius 3 is 2.06 bits per heavy atom. The molecule has 0 radical (unpaired) electrons. The summed E-state index contributed by atoms with van der Waals surface area (Å²) < 4.78 is 9.98. The minimum atomic E-state index is 0.779. The Hall–Kier alpha value is -0.810. The highest BCUT2D eigenvalue weighted by Crippen LogP contribution is 1.93. The summed E-state index contributed by atoms with van der Waals surface area (Å²) in [6, 6.07) is 0. The molecule has 0 unspecified atom stereocenters. The van der Waals surface area contributed by atoms with Gasteiger partial charge in [0.1, 0.15) is 0 Å². The van der Waals surface area contributed by atoms with Crippen molar-refractivity contribution in [2.24, 2.45) is 4.99 Å². The van der Waals surface area contributed by atoms with Crippen molar-refractivity contribution in [3.63, 3.8) is 0 Å². The van der Waals surface area contributed by atoms with Gasteiger partial charge in [-0.3, -0.25) is 4.99 Å². The van der Waals surface area contributed by atoms with Crippen LogP contribution in [0.1, 0.15) is 25.7 Å².